The predicted molar refractivity (Wildman–Crippen MR) is 167 cm³/mol. The number of unbranched alkanes of at least 4 members (excludes halogenated alkanes) is 1. The van der Waals surface area contributed by atoms with Gasteiger partial charge in [0.15, 0.2) is 0 Å². The van der Waals surface area contributed by atoms with Gasteiger partial charge in [0.05, 0.1) is 17.2 Å². The van der Waals surface area contributed by atoms with Gasteiger partial charge >= 0.3 is 0 Å². The van der Waals surface area contributed by atoms with E-state index in [4.69, 9.17) is 4.74 Å². The van der Waals surface area contributed by atoms with Crippen LogP contribution in [-0.2, 0) is 26.0 Å². The van der Waals surface area contributed by atoms with Crippen molar-refractivity contribution in [3.8, 4) is 5.75 Å². The number of sulfonamides is 1. The molecule has 2 amide bonds. The summed E-state index contributed by atoms with van der Waals surface area (Å²) in [6.45, 7) is 8.47. The molecule has 226 valence electrons. The summed E-state index contributed by atoms with van der Waals surface area (Å²) in [4.78, 5) is 28.9. The van der Waals surface area contributed by atoms with Gasteiger partial charge in [-0.1, -0.05) is 68.3 Å². The quantitative estimate of drug-likeness (QED) is 0.226. The standard InChI is InChI=1S/C33H43N3O5S/c1-5-8-23-34-33(38)31(6-2)35(24-22-27-12-10-9-11-13-27)32(37)25-36(28-16-14-26(4)15-17-28)42(39,40)30-20-18-29(19-21-30)41-7-3/h9-21,31H,5-8,22-25H2,1-4H3,(H,34,38). The summed E-state index contributed by atoms with van der Waals surface area (Å²) in [6, 6.07) is 22.2. The van der Waals surface area contributed by atoms with Gasteiger partial charge in [0.2, 0.25) is 11.8 Å². The minimum atomic E-state index is -4.13. The van der Waals surface area contributed by atoms with Crippen molar-refractivity contribution in [1.82, 2.24) is 10.2 Å². The van der Waals surface area contributed by atoms with Crippen LogP contribution in [0.1, 0.15) is 51.2 Å². The Morgan fingerprint density at radius 1 is 0.905 bits per heavy atom. The maximum absolute atomic E-state index is 14.1. The third kappa shape index (κ3) is 8.82. The molecule has 3 aromatic carbocycles. The van der Waals surface area contributed by atoms with Crippen LogP contribution in [0.25, 0.3) is 0 Å². The number of ether oxygens (including phenoxy) is 1. The molecule has 0 saturated carbocycles. The number of nitrogens with zero attached hydrogens (tertiary/aromatic N) is 2. The number of carbonyl (C=O) groups is 2. The van der Waals surface area contributed by atoms with Crippen LogP contribution in [0.15, 0.2) is 83.8 Å². The second-order valence-electron chi connectivity index (χ2n) is 10.1. The monoisotopic (exact) mass is 593 g/mol. The van der Waals surface area contributed by atoms with E-state index in [0.717, 1.165) is 28.3 Å². The first-order valence-corrected chi connectivity index (χ1v) is 16.1. The topological polar surface area (TPSA) is 96.0 Å². The molecular formula is C33H43N3O5S. The van der Waals surface area contributed by atoms with Gasteiger partial charge in [-0.2, -0.15) is 0 Å². The van der Waals surface area contributed by atoms with E-state index in [2.05, 4.69) is 5.32 Å². The third-order valence-electron chi connectivity index (χ3n) is 7.02. The lowest BCUT2D eigenvalue weighted by molar-refractivity contribution is -0.139. The summed E-state index contributed by atoms with van der Waals surface area (Å²) >= 11 is 0. The van der Waals surface area contributed by atoms with Crippen molar-refractivity contribution in [3.63, 3.8) is 0 Å². The van der Waals surface area contributed by atoms with Gasteiger partial charge in [-0.25, -0.2) is 8.42 Å². The fourth-order valence-corrected chi connectivity index (χ4v) is 6.06. The lowest BCUT2D eigenvalue weighted by atomic mass is 10.1. The number of aryl methyl sites for hydroxylation is 1. The van der Waals surface area contributed by atoms with Gasteiger partial charge in [-0.05, 0) is 75.1 Å². The zero-order valence-corrected chi connectivity index (χ0v) is 25.9. The molecule has 42 heavy (non-hydrogen) atoms. The molecule has 1 N–H and O–H groups in total. The average Bonchev–Trinajstić information content (AvgIpc) is 2.99. The summed E-state index contributed by atoms with van der Waals surface area (Å²) in [5.74, 6) is -0.122. The van der Waals surface area contributed by atoms with Gasteiger partial charge in [-0.3, -0.25) is 13.9 Å². The molecule has 0 aromatic heterocycles. The normalized spacial score (nSPS) is 11.9. The SMILES string of the molecule is CCCCNC(=O)C(CC)N(CCc1ccccc1)C(=O)CN(c1ccc(C)cc1)S(=O)(=O)c1ccc(OCC)cc1. The highest BCUT2D eigenvalue weighted by Crippen LogP contribution is 2.26. The number of nitrogens with one attached hydrogen (secondary N) is 1. The Kier molecular flexibility index (Phi) is 12.4. The van der Waals surface area contributed by atoms with E-state index in [0.29, 0.717) is 37.4 Å². The molecule has 1 atom stereocenters. The highest BCUT2D eigenvalue weighted by atomic mass is 32.2. The van der Waals surface area contributed by atoms with Crippen molar-refractivity contribution >= 4 is 27.5 Å². The molecule has 3 rings (SSSR count). The first-order valence-electron chi connectivity index (χ1n) is 14.6. The van der Waals surface area contributed by atoms with Gasteiger partial charge in [0.25, 0.3) is 10.0 Å². The van der Waals surface area contributed by atoms with Crippen molar-refractivity contribution in [2.24, 2.45) is 0 Å². The molecule has 9 heteroatoms. The lowest BCUT2D eigenvalue weighted by Crippen LogP contribution is -2.53. The highest BCUT2D eigenvalue weighted by molar-refractivity contribution is 7.92. The molecule has 0 bridgehead atoms. The maximum atomic E-state index is 14.1. The molecule has 8 nitrogen and oxygen atoms in total. The number of amides is 2. The van der Waals surface area contributed by atoms with Crippen molar-refractivity contribution in [2.45, 2.75) is 64.3 Å². The van der Waals surface area contributed by atoms with Crippen molar-refractivity contribution in [2.75, 3.05) is 30.5 Å². The van der Waals surface area contributed by atoms with Gasteiger partial charge in [0.1, 0.15) is 18.3 Å². The number of hydrogen-bond acceptors (Lipinski definition) is 5. The molecule has 0 saturated heterocycles. The number of carbonyl (C=O) groups excluding carboxylic acids is 2. The molecule has 0 aliphatic carbocycles. The summed E-state index contributed by atoms with van der Waals surface area (Å²) in [5.41, 5.74) is 2.35. The number of rotatable bonds is 16. The van der Waals surface area contributed by atoms with Gasteiger partial charge < -0.3 is 15.0 Å². The Hall–Kier alpha value is -3.85. The number of hydrogen-bond donors (Lipinski definition) is 1. The van der Waals surface area contributed by atoms with E-state index >= 15 is 0 Å². The summed E-state index contributed by atoms with van der Waals surface area (Å²) in [7, 11) is -4.13. The second kappa shape index (κ2) is 16.0. The summed E-state index contributed by atoms with van der Waals surface area (Å²) in [5, 5.41) is 2.95. The summed E-state index contributed by atoms with van der Waals surface area (Å²) < 4.78 is 34.6. The lowest BCUT2D eigenvalue weighted by Gasteiger charge is -2.33. The van der Waals surface area contributed by atoms with Crippen LogP contribution in [0, 0.1) is 6.92 Å². The van der Waals surface area contributed by atoms with Crippen LogP contribution in [0.3, 0.4) is 0 Å². The largest absolute Gasteiger partial charge is 0.494 e. The van der Waals surface area contributed by atoms with E-state index < -0.39 is 28.5 Å². The van der Waals surface area contributed by atoms with Crippen LogP contribution in [0.2, 0.25) is 0 Å². The molecule has 0 fully saturated rings. The predicted octanol–water partition coefficient (Wildman–Crippen LogP) is 5.36. The highest BCUT2D eigenvalue weighted by Gasteiger charge is 2.33. The number of benzene rings is 3. The number of anilines is 1. The molecule has 3 aromatic rings. The Labute approximate surface area is 250 Å². The minimum Gasteiger partial charge on any atom is -0.494 e. The van der Waals surface area contributed by atoms with Crippen LogP contribution in [-0.4, -0.2) is 57.4 Å². The Morgan fingerprint density at radius 2 is 1.57 bits per heavy atom. The molecular weight excluding hydrogens is 550 g/mol. The fourth-order valence-electron chi connectivity index (χ4n) is 4.64. The van der Waals surface area contributed by atoms with E-state index in [1.165, 1.54) is 17.0 Å². The van der Waals surface area contributed by atoms with Crippen molar-refractivity contribution < 1.29 is 22.7 Å². The molecule has 0 aliphatic heterocycles. The molecule has 0 aliphatic rings. The molecule has 0 radical (unpaired) electrons. The van der Waals surface area contributed by atoms with Gasteiger partial charge in [0, 0.05) is 13.1 Å². The molecule has 0 spiro atoms. The smallest absolute Gasteiger partial charge is 0.264 e. The summed E-state index contributed by atoms with van der Waals surface area (Å²) in [6.07, 6.45) is 2.69. The Balaban J connectivity index is 1.97. The minimum absolute atomic E-state index is 0.0412. The third-order valence-corrected chi connectivity index (χ3v) is 8.81. The van der Waals surface area contributed by atoms with E-state index in [9.17, 15) is 18.0 Å². The first kappa shape index (κ1) is 32.7. The first-order chi connectivity index (χ1) is 20.2. The Bertz CT molecular complexity index is 1380. The van der Waals surface area contributed by atoms with E-state index in [-0.39, 0.29) is 17.3 Å². The molecule has 0 heterocycles. The van der Waals surface area contributed by atoms with Crippen LogP contribution in [0.4, 0.5) is 5.69 Å². The Morgan fingerprint density at radius 3 is 2.17 bits per heavy atom. The van der Waals surface area contributed by atoms with Crippen molar-refractivity contribution in [3.05, 3.63) is 90.0 Å². The van der Waals surface area contributed by atoms with Crippen LogP contribution < -0.4 is 14.4 Å². The van der Waals surface area contributed by atoms with E-state index in [1.54, 1.807) is 24.3 Å². The van der Waals surface area contributed by atoms with E-state index in [1.807, 2.05) is 70.2 Å². The maximum Gasteiger partial charge on any atom is 0.264 e. The zero-order valence-electron chi connectivity index (χ0n) is 25.1. The van der Waals surface area contributed by atoms with Crippen LogP contribution in [0.5, 0.6) is 5.75 Å². The van der Waals surface area contributed by atoms with Crippen LogP contribution >= 0.6 is 0 Å². The fraction of sp³-hybridized carbons (Fsp3) is 0.394. The van der Waals surface area contributed by atoms with Crippen molar-refractivity contribution in [1.29, 1.82) is 0 Å². The zero-order chi connectivity index (χ0) is 30.5. The second-order valence-corrected chi connectivity index (χ2v) is 12.0. The average molecular weight is 594 g/mol. The molecule has 1 unspecified atom stereocenters. The van der Waals surface area contributed by atoms with Gasteiger partial charge in [-0.15, -0.1) is 0 Å².